The monoisotopic (exact) mass is 416 g/mol. The minimum atomic E-state index is -4.77. The van der Waals surface area contributed by atoms with Crippen LogP contribution in [0.25, 0.3) is 5.69 Å². The van der Waals surface area contributed by atoms with Gasteiger partial charge in [0.05, 0.1) is 17.2 Å². The molecule has 1 atom stereocenters. The summed E-state index contributed by atoms with van der Waals surface area (Å²) in [7, 11) is 0. The Balaban J connectivity index is 2.04. The highest BCUT2D eigenvalue weighted by Gasteiger charge is 2.46. The van der Waals surface area contributed by atoms with E-state index in [-0.39, 0.29) is 22.9 Å². The molecule has 1 aliphatic rings. The quantitative estimate of drug-likeness (QED) is 0.653. The molecule has 0 saturated heterocycles. The number of aromatic nitrogens is 2. The molecule has 2 heterocycles. The fourth-order valence-corrected chi connectivity index (χ4v) is 3.41. The second kappa shape index (κ2) is 6.87. The number of benzene rings is 2. The van der Waals surface area contributed by atoms with Gasteiger partial charge in [-0.1, -0.05) is 41.9 Å². The van der Waals surface area contributed by atoms with Gasteiger partial charge >= 0.3 is 6.18 Å². The Kier molecular flexibility index (Phi) is 4.47. The summed E-state index contributed by atoms with van der Waals surface area (Å²) in [6, 6.07) is 16.3. The molecule has 0 unspecified atom stereocenters. The number of halogens is 4. The lowest BCUT2D eigenvalue weighted by molar-refractivity contribution is -0.142. The lowest BCUT2D eigenvalue weighted by Crippen LogP contribution is -2.23. The summed E-state index contributed by atoms with van der Waals surface area (Å²) < 4.78 is 48.2. The molecule has 4 rings (SSSR count). The molecule has 3 aromatic rings. The lowest BCUT2D eigenvalue weighted by atomic mass is 9.84. The molecule has 0 saturated carbocycles. The number of nitrogens with zero attached hydrogens (tertiary/aromatic N) is 3. The summed E-state index contributed by atoms with van der Waals surface area (Å²) in [5, 5.41) is 13.8. The van der Waals surface area contributed by atoms with E-state index in [0.29, 0.717) is 16.3 Å². The molecule has 2 aromatic carbocycles. The van der Waals surface area contributed by atoms with Crippen LogP contribution in [0, 0.1) is 11.3 Å². The zero-order chi connectivity index (χ0) is 20.8. The second-order valence-corrected chi connectivity index (χ2v) is 6.73. The van der Waals surface area contributed by atoms with Crippen LogP contribution in [-0.4, -0.2) is 9.78 Å². The van der Waals surface area contributed by atoms with Gasteiger partial charge in [-0.15, -0.1) is 0 Å². The van der Waals surface area contributed by atoms with Crippen molar-refractivity contribution >= 4 is 11.6 Å². The molecule has 5 nitrogen and oxygen atoms in total. The van der Waals surface area contributed by atoms with Crippen LogP contribution in [-0.2, 0) is 6.18 Å². The number of ether oxygens (including phenoxy) is 1. The van der Waals surface area contributed by atoms with Gasteiger partial charge in [0.25, 0.3) is 0 Å². The van der Waals surface area contributed by atoms with Crippen molar-refractivity contribution in [1.82, 2.24) is 9.78 Å². The van der Waals surface area contributed by atoms with Crippen molar-refractivity contribution in [2.45, 2.75) is 12.1 Å². The molecular weight excluding hydrogens is 405 g/mol. The number of allylic oxidation sites excluding steroid dienone is 1. The first-order chi connectivity index (χ1) is 13.8. The third-order valence-electron chi connectivity index (χ3n) is 4.52. The maximum Gasteiger partial charge on any atom is 0.435 e. The van der Waals surface area contributed by atoms with Crippen LogP contribution in [0.4, 0.5) is 13.2 Å². The number of para-hydroxylation sites is 1. The molecule has 1 aromatic heterocycles. The van der Waals surface area contributed by atoms with Crippen LogP contribution in [0.2, 0.25) is 5.02 Å². The van der Waals surface area contributed by atoms with E-state index < -0.39 is 17.8 Å². The van der Waals surface area contributed by atoms with Gasteiger partial charge in [0.1, 0.15) is 11.6 Å². The summed E-state index contributed by atoms with van der Waals surface area (Å²) in [5.41, 5.74) is 5.15. The number of fused-ring (bicyclic) bond motifs is 1. The number of rotatable bonds is 2. The van der Waals surface area contributed by atoms with Gasteiger partial charge in [-0.3, -0.25) is 0 Å². The van der Waals surface area contributed by atoms with Crippen molar-refractivity contribution < 1.29 is 17.9 Å². The highest BCUT2D eigenvalue weighted by molar-refractivity contribution is 6.30. The van der Waals surface area contributed by atoms with E-state index in [1.807, 2.05) is 6.07 Å². The summed E-state index contributed by atoms with van der Waals surface area (Å²) >= 11 is 5.91. The van der Waals surface area contributed by atoms with Gasteiger partial charge < -0.3 is 10.5 Å². The van der Waals surface area contributed by atoms with E-state index >= 15 is 0 Å². The zero-order valence-electron chi connectivity index (χ0n) is 14.6. The average Bonchev–Trinajstić information content (AvgIpc) is 3.08. The number of alkyl halides is 3. The first-order valence-corrected chi connectivity index (χ1v) is 8.77. The Morgan fingerprint density at radius 3 is 2.34 bits per heavy atom. The molecule has 0 bridgehead atoms. The minimum Gasteiger partial charge on any atom is -0.422 e. The average molecular weight is 417 g/mol. The Labute approximate surface area is 168 Å². The zero-order valence-corrected chi connectivity index (χ0v) is 15.4. The minimum absolute atomic E-state index is 0.127. The maximum atomic E-state index is 13.9. The van der Waals surface area contributed by atoms with Crippen molar-refractivity contribution in [2.24, 2.45) is 5.73 Å². The fourth-order valence-electron chi connectivity index (χ4n) is 3.28. The number of nitriles is 1. The number of hydrogen-bond donors (Lipinski definition) is 1. The van der Waals surface area contributed by atoms with Crippen LogP contribution < -0.4 is 10.5 Å². The van der Waals surface area contributed by atoms with E-state index in [4.69, 9.17) is 22.1 Å². The van der Waals surface area contributed by atoms with Crippen LogP contribution in [0.5, 0.6) is 5.88 Å². The largest absolute Gasteiger partial charge is 0.435 e. The first kappa shape index (κ1) is 18.9. The van der Waals surface area contributed by atoms with Crippen LogP contribution >= 0.6 is 11.6 Å². The topological polar surface area (TPSA) is 76.9 Å². The van der Waals surface area contributed by atoms with Crippen molar-refractivity contribution in [3.63, 3.8) is 0 Å². The SMILES string of the molecule is N#CC1=C(N)Oc2c(c(C(F)(F)F)nn2-c2ccccc2)[C@@H]1c1ccc(Cl)cc1. The molecule has 0 radical (unpaired) electrons. The molecule has 0 aliphatic carbocycles. The summed E-state index contributed by atoms with van der Waals surface area (Å²) in [5.74, 6) is -1.55. The highest BCUT2D eigenvalue weighted by atomic mass is 35.5. The van der Waals surface area contributed by atoms with Crippen molar-refractivity contribution in [3.8, 4) is 17.6 Å². The van der Waals surface area contributed by atoms with Gasteiger partial charge in [-0.05, 0) is 29.8 Å². The third kappa shape index (κ3) is 3.19. The summed E-state index contributed by atoms with van der Waals surface area (Å²) in [6.07, 6.45) is -4.77. The molecule has 0 spiro atoms. The summed E-state index contributed by atoms with van der Waals surface area (Å²) in [6.45, 7) is 0. The molecule has 29 heavy (non-hydrogen) atoms. The second-order valence-electron chi connectivity index (χ2n) is 6.29. The maximum absolute atomic E-state index is 13.9. The van der Waals surface area contributed by atoms with E-state index in [1.54, 1.807) is 42.5 Å². The predicted octanol–water partition coefficient (Wildman–Crippen LogP) is 4.76. The molecule has 0 fully saturated rings. The standard InChI is InChI=1S/C20H12ClF3N4O/c21-12-8-6-11(7-9-12)15-14(10-25)18(26)29-19-16(15)17(20(22,23)24)27-28(19)13-4-2-1-3-5-13/h1-9,15H,26H2/t15-/m1/s1. The van der Waals surface area contributed by atoms with Gasteiger partial charge in [0.2, 0.25) is 11.8 Å². The Morgan fingerprint density at radius 2 is 1.76 bits per heavy atom. The van der Waals surface area contributed by atoms with Gasteiger partial charge in [0, 0.05) is 5.02 Å². The Morgan fingerprint density at radius 1 is 1.10 bits per heavy atom. The van der Waals surface area contributed by atoms with E-state index in [0.717, 1.165) is 4.68 Å². The molecule has 0 amide bonds. The molecule has 146 valence electrons. The van der Waals surface area contributed by atoms with Gasteiger partial charge in [-0.2, -0.15) is 28.2 Å². The number of nitrogens with two attached hydrogens (primary N) is 1. The molecule has 9 heteroatoms. The Bertz CT molecular complexity index is 1150. The van der Waals surface area contributed by atoms with Crippen molar-refractivity contribution in [1.29, 1.82) is 5.26 Å². The van der Waals surface area contributed by atoms with E-state index in [9.17, 15) is 18.4 Å². The fraction of sp³-hybridized carbons (Fsp3) is 0.100. The van der Waals surface area contributed by atoms with E-state index in [2.05, 4.69) is 5.10 Å². The van der Waals surface area contributed by atoms with Crippen molar-refractivity contribution in [3.05, 3.63) is 87.9 Å². The molecule has 2 N–H and O–H groups in total. The first-order valence-electron chi connectivity index (χ1n) is 8.40. The highest BCUT2D eigenvalue weighted by Crippen LogP contribution is 2.48. The van der Waals surface area contributed by atoms with Crippen LogP contribution in [0.1, 0.15) is 22.7 Å². The van der Waals surface area contributed by atoms with Gasteiger partial charge in [-0.25, -0.2) is 0 Å². The Hall–Kier alpha value is -3.44. The van der Waals surface area contributed by atoms with Crippen LogP contribution in [0.15, 0.2) is 66.1 Å². The number of hydrogen-bond acceptors (Lipinski definition) is 4. The van der Waals surface area contributed by atoms with Crippen molar-refractivity contribution in [2.75, 3.05) is 0 Å². The predicted molar refractivity (Wildman–Crippen MR) is 99.3 cm³/mol. The summed E-state index contributed by atoms with van der Waals surface area (Å²) in [4.78, 5) is 0. The van der Waals surface area contributed by atoms with E-state index in [1.165, 1.54) is 12.1 Å². The smallest absolute Gasteiger partial charge is 0.422 e. The third-order valence-corrected chi connectivity index (χ3v) is 4.77. The van der Waals surface area contributed by atoms with Crippen LogP contribution in [0.3, 0.4) is 0 Å². The lowest BCUT2D eigenvalue weighted by Gasteiger charge is -2.25. The molecule has 1 aliphatic heterocycles. The normalized spacial score (nSPS) is 16.2. The molecular formula is C20H12ClF3N4O. The van der Waals surface area contributed by atoms with Gasteiger partial charge in [0.15, 0.2) is 5.69 Å².